The van der Waals surface area contributed by atoms with Crippen LogP contribution < -0.4 is 5.32 Å². The summed E-state index contributed by atoms with van der Waals surface area (Å²) in [5, 5.41) is 3.07. The lowest BCUT2D eigenvalue weighted by molar-refractivity contribution is -0.134. The fraction of sp³-hybridized carbons (Fsp3) is 0.857. The molecule has 108 valence electrons. The third-order valence-electron chi connectivity index (χ3n) is 4.20. The van der Waals surface area contributed by atoms with E-state index in [0.29, 0.717) is 13.1 Å². The number of likely N-dealkylation sites (tertiary alicyclic amines) is 1. The Bertz CT molecular complexity index is 332. The maximum atomic E-state index is 12.2. The van der Waals surface area contributed by atoms with Crippen LogP contribution in [-0.4, -0.2) is 48.6 Å². The molecule has 0 aromatic carbocycles. The summed E-state index contributed by atoms with van der Waals surface area (Å²) >= 11 is 0. The van der Waals surface area contributed by atoms with E-state index in [1.54, 1.807) is 6.92 Å². The number of piperidine rings is 1. The Morgan fingerprint density at radius 2 is 1.95 bits per heavy atom. The number of carbonyl (C=O) groups excluding carboxylic acids is 2. The van der Waals surface area contributed by atoms with Gasteiger partial charge in [0.2, 0.25) is 11.8 Å². The molecular formula is C14H24N2O3. The van der Waals surface area contributed by atoms with E-state index in [1.807, 2.05) is 11.8 Å². The molecule has 5 nitrogen and oxygen atoms in total. The van der Waals surface area contributed by atoms with E-state index in [-0.39, 0.29) is 29.9 Å². The molecule has 0 radical (unpaired) electrons. The van der Waals surface area contributed by atoms with Crippen molar-refractivity contribution < 1.29 is 14.3 Å². The standard InChI is InChI=1S/C14H24N2O3/c1-10(13-4-3-9-19-13)15-14(18)12-5-7-16(8-6-12)11(2)17/h10,12-13H,3-9H2,1-2H3,(H,15,18)/t10-,13+/m1/s1. The Morgan fingerprint density at radius 1 is 1.26 bits per heavy atom. The molecule has 0 spiro atoms. The highest BCUT2D eigenvalue weighted by Crippen LogP contribution is 2.19. The number of ether oxygens (including phenoxy) is 1. The van der Waals surface area contributed by atoms with Gasteiger partial charge in [-0.3, -0.25) is 9.59 Å². The minimum absolute atomic E-state index is 0.0412. The smallest absolute Gasteiger partial charge is 0.223 e. The number of hydrogen-bond acceptors (Lipinski definition) is 3. The molecule has 2 atom stereocenters. The second-order valence-corrected chi connectivity index (χ2v) is 5.63. The molecule has 2 amide bonds. The van der Waals surface area contributed by atoms with Gasteiger partial charge in [0.25, 0.3) is 0 Å². The van der Waals surface area contributed by atoms with Gasteiger partial charge >= 0.3 is 0 Å². The Hall–Kier alpha value is -1.10. The summed E-state index contributed by atoms with van der Waals surface area (Å²) < 4.78 is 5.58. The first kappa shape index (κ1) is 14.3. The number of amides is 2. The van der Waals surface area contributed by atoms with Crippen molar-refractivity contribution in [3.63, 3.8) is 0 Å². The van der Waals surface area contributed by atoms with Crippen molar-refractivity contribution in [1.82, 2.24) is 10.2 Å². The zero-order valence-electron chi connectivity index (χ0n) is 11.9. The van der Waals surface area contributed by atoms with Crippen molar-refractivity contribution in [3.8, 4) is 0 Å². The van der Waals surface area contributed by atoms with Gasteiger partial charge in [-0.05, 0) is 32.6 Å². The topological polar surface area (TPSA) is 58.6 Å². The van der Waals surface area contributed by atoms with Gasteiger partial charge in [0, 0.05) is 32.5 Å². The molecule has 1 N–H and O–H groups in total. The molecule has 0 aromatic rings. The molecule has 2 rings (SSSR count). The summed E-state index contributed by atoms with van der Waals surface area (Å²) in [5.74, 6) is 0.261. The van der Waals surface area contributed by atoms with Gasteiger partial charge in [0.15, 0.2) is 0 Å². The average molecular weight is 268 g/mol. The van der Waals surface area contributed by atoms with E-state index in [2.05, 4.69) is 5.32 Å². The molecule has 5 heteroatoms. The van der Waals surface area contributed by atoms with Gasteiger partial charge < -0.3 is 15.0 Å². The highest BCUT2D eigenvalue weighted by Gasteiger charge is 2.29. The first-order valence-corrected chi connectivity index (χ1v) is 7.25. The number of hydrogen-bond donors (Lipinski definition) is 1. The summed E-state index contributed by atoms with van der Waals surface area (Å²) in [4.78, 5) is 25.2. The number of carbonyl (C=O) groups is 2. The summed E-state index contributed by atoms with van der Waals surface area (Å²) in [6.45, 7) is 5.80. The van der Waals surface area contributed by atoms with Crippen molar-refractivity contribution in [2.24, 2.45) is 5.92 Å². The van der Waals surface area contributed by atoms with Gasteiger partial charge in [-0.2, -0.15) is 0 Å². The van der Waals surface area contributed by atoms with Crippen LogP contribution in [0.2, 0.25) is 0 Å². The number of nitrogens with zero attached hydrogens (tertiary/aromatic N) is 1. The van der Waals surface area contributed by atoms with E-state index < -0.39 is 0 Å². The van der Waals surface area contributed by atoms with Crippen LogP contribution in [0.15, 0.2) is 0 Å². The predicted molar refractivity (Wildman–Crippen MR) is 71.6 cm³/mol. The highest BCUT2D eigenvalue weighted by atomic mass is 16.5. The molecule has 0 bridgehead atoms. The van der Waals surface area contributed by atoms with Crippen molar-refractivity contribution in [2.45, 2.75) is 51.7 Å². The predicted octanol–water partition coefficient (Wildman–Crippen LogP) is 0.929. The van der Waals surface area contributed by atoms with Crippen LogP contribution >= 0.6 is 0 Å². The lowest BCUT2D eigenvalue weighted by Gasteiger charge is -2.31. The molecule has 2 fully saturated rings. The monoisotopic (exact) mass is 268 g/mol. The van der Waals surface area contributed by atoms with Crippen LogP contribution in [0.3, 0.4) is 0 Å². The van der Waals surface area contributed by atoms with Crippen molar-refractivity contribution >= 4 is 11.8 Å². The van der Waals surface area contributed by atoms with Gasteiger partial charge in [-0.25, -0.2) is 0 Å². The summed E-state index contributed by atoms with van der Waals surface area (Å²) in [7, 11) is 0. The first-order valence-electron chi connectivity index (χ1n) is 7.25. The average Bonchev–Trinajstić information content (AvgIpc) is 2.92. The lowest BCUT2D eigenvalue weighted by atomic mass is 9.95. The van der Waals surface area contributed by atoms with E-state index in [1.165, 1.54) is 0 Å². The maximum Gasteiger partial charge on any atom is 0.223 e. The minimum Gasteiger partial charge on any atom is -0.376 e. The molecule has 2 aliphatic rings. The zero-order valence-corrected chi connectivity index (χ0v) is 11.9. The molecule has 0 aliphatic carbocycles. The van der Waals surface area contributed by atoms with Crippen LogP contribution in [0.5, 0.6) is 0 Å². The third-order valence-corrected chi connectivity index (χ3v) is 4.20. The van der Waals surface area contributed by atoms with Gasteiger partial charge in [0.1, 0.15) is 0 Å². The van der Waals surface area contributed by atoms with E-state index in [4.69, 9.17) is 4.74 Å². The summed E-state index contributed by atoms with van der Waals surface area (Å²) in [5.41, 5.74) is 0. The Balaban J connectivity index is 1.76. The van der Waals surface area contributed by atoms with Crippen LogP contribution in [0.25, 0.3) is 0 Å². The summed E-state index contributed by atoms with van der Waals surface area (Å²) in [6.07, 6.45) is 3.82. The second kappa shape index (κ2) is 6.37. The first-order chi connectivity index (χ1) is 9.08. The number of nitrogens with one attached hydrogen (secondary N) is 1. The van der Waals surface area contributed by atoms with Gasteiger partial charge in [0.05, 0.1) is 12.1 Å². The number of rotatable bonds is 3. The fourth-order valence-corrected chi connectivity index (χ4v) is 2.89. The SMILES string of the molecule is CC(=O)N1CCC(C(=O)N[C@H](C)[C@@H]2CCCO2)CC1. The van der Waals surface area contributed by atoms with Crippen LogP contribution in [0.4, 0.5) is 0 Å². The molecule has 0 unspecified atom stereocenters. The van der Waals surface area contributed by atoms with E-state index >= 15 is 0 Å². The summed E-state index contributed by atoms with van der Waals surface area (Å²) in [6, 6.07) is 0.0841. The zero-order chi connectivity index (χ0) is 13.8. The van der Waals surface area contributed by atoms with Crippen molar-refractivity contribution in [1.29, 1.82) is 0 Å². The van der Waals surface area contributed by atoms with Gasteiger partial charge in [-0.1, -0.05) is 0 Å². The maximum absolute atomic E-state index is 12.2. The molecular weight excluding hydrogens is 244 g/mol. The Kier molecular flexibility index (Phi) is 4.80. The highest BCUT2D eigenvalue weighted by molar-refractivity contribution is 5.79. The fourth-order valence-electron chi connectivity index (χ4n) is 2.89. The second-order valence-electron chi connectivity index (χ2n) is 5.63. The van der Waals surface area contributed by atoms with Crippen LogP contribution in [0.1, 0.15) is 39.5 Å². The third kappa shape index (κ3) is 3.69. The Labute approximate surface area is 114 Å². The van der Waals surface area contributed by atoms with Gasteiger partial charge in [-0.15, -0.1) is 0 Å². The molecule has 0 aromatic heterocycles. The van der Waals surface area contributed by atoms with Crippen molar-refractivity contribution in [3.05, 3.63) is 0 Å². The Morgan fingerprint density at radius 3 is 2.47 bits per heavy atom. The van der Waals surface area contributed by atoms with Crippen LogP contribution in [0, 0.1) is 5.92 Å². The molecule has 2 saturated heterocycles. The lowest BCUT2D eigenvalue weighted by Crippen LogP contribution is -2.47. The largest absolute Gasteiger partial charge is 0.376 e. The molecule has 0 saturated carbocycles. The molecule has 2 heterocycles. The normalized spacial score (nSPS) is 26.2. The molecule has 2 aliphatic heterocycles. The van der Waals surface area contributed by atoms with E-state index in [0.717, 1.165) is 32.3 Å². The quantitative estimate of drug-likeness (QED) is 0.828. The van der Waals surface area contributed by atoms with Crippen LogP contribution in [-0.2, 0) is 14.3 Å². The molecule has 19 heavy (non-hydrogen) atoms. The van der Waals surface area contributed by atoms with E-state index in [9.17, 15) is 9.59 Å². The minimum atomic E-state index is 0.0412. The van der Waals surface area contributed by atoms with Crippen molar-refractivity contribution in [2.75, 3.05) is 19.7 Å².